The maximum absolute atomic E-state index is 8.58. The average molecular weight is 151 g/mol. The van der Waals surface area contributed by atoms with Crippen molar-refractivity contribution in [3.63, 3.8) is 0 Å². The van der Waals surface area contributed by atoms with Crippen LogP contribution in [0.4, 0.5) is 0 Å². The van der Waals surface area contributed by atoms with Crippen LogP contribution in [0.5, 0.6) is 0 Å². The molecule has 0 amide bonds. The summed E-state index contributed by atoms with van der Waals surface area (Å²) < 4.78 is 0. The molecular weight excluding hydrogens is 151 g/mol. The second-order valence-electron chi connectivity index (χ2n) is 0.500. The van der Waals surface area contributed by atoms with Gasteiger partial charge in [0.25, 0.3) is 0 Å². The van der Waals surface area contributed by atoms with Crippen molar-refractivity contribution in [3.05, 3.63) is 0 Å². The van der Waals surface area contributed by atoms with Crippen LogP contribution < -0.4 is 19.2 Å². The second-order valence-corrected chi connectivity index (χ2v) is 1.50. The maximum Gasteiger partial charge on any atom is 0 e. The minimum Gasteiger partial charge on any atom is -0.894 e. The van der Waals surface area contributed by atoms with E-state index in [1.807, 2.05) is 0 Å². The van der Waals surface area contributed by atoms with E-state index in [0.29, 0.717) is 0 Å². The predicted molar refractivity (Wildman–Crippen MR) is 5.75 cm³/mol. The molecule has 0 heterocycles. The molecule has 0 fully saturated rings. The van der Waals surface area contributed by atoms with Gasteiger partial charge in [-0.3, -0.25) is 0 Å². The summed E-state index contributed by atoms with van der Waals surface area (Å²) in [5, 5.41) is 0. The molecule has 0 aromatic heterocycles. The smallest absolute Gasteiger partial charge is 0 e. The van der Waals surface area contributed by atoms with E-state index in [0.717, 1.165) is 0 Å². The number of rotatable bonds is 0. The maximum atomic E-state index is 8.58. The van der Waals surface area contributed by atoms with Gasteiger partial charge in [0, 0.05) is 16.8 Å². The minimum absolute atomic E-state index is 0. The summed E-state index contributed by atoms with van der Waals surface area (Å²) in [6.45, 7) is 0. The van der Waals surface area contributed by atoms with E-state index in [1.165, 1.54) is 0 Å². The molecule has 0 aliphatic rings. The monoisotopic (exact) mass is 151 g/mol. The fourth-order valence-corrected chi connectivity index (χ4v) is 0. The van der Waals surface area contributed by atoms with Crippen molar-refractivity contribution < 1.29 is 36.0 Å². The summed E-state index contributed by atoms with van der Waals surface area (Å²) >= 11 is 0. The van der Waals surface area contributed by atoms with E-state index >= 15 is 0 Å². The van der Waals surface area contributed by atoms with Crippen molar-refractivity contribution in [2.75, 3.05) is 0 Å². The summed E-state index contributed by atoms with van der Waals surface area (Å²) in [6, 6.07) is 0. The topological polar surface area (TPSA) is 92.2 Å². The zero-order valence-electron chi connectivity index (χ0n) is 2.47. The molecule has 0 aromatic carbocycles. The Labute approximate surface area is 45.7 Å². The molecule has 0 saturated carbocycles. The molecule has 0 saturated heterocycles. The Morgan fingerprint density at radius 1 is 0.833 bits per heavy atom. The molecule has 0 unspecified atom stereocenters. The molecular formula is CoO4Si-4. The first kappa shape index (κ1) is 9.76. The van der Waals surface area contributed by atoms with E-state index in [-0.39, 0.29) is 16.8 Å². The molecule has 6 heavy (non-hydrogen) atoms. The predicted octanol–water partition coefficient (Wildman–Crippen LogP) is -5.14. The molecule has 4 nitrogen and oxygen atoms in total. The summed E-state index contributed by atoms with van der Waals surface area (Å²) in [7, 11) is -5.61. The van der Waals surface area contributed by atoms with Gasteiger partial charge in [0.05, 0.1) is 0 Å². The quantitative estimate of drug-likeness (QED) is 0.323. The number of hydrogen-bond donors (Lipinski definition) is 0. The van der Waals surface area contributed by atoms with Crippen molar-refractivity contribution in [2.45, 2.75) is 0 Å². The van der Waals surface area contributed by atoms with Gasteiger partial charge in [0.15, 0.2) is 0 Å². The van der Waals surface area contributed by atoms with Gasteiger partial charge < -0.3 is 28.2 Å². The normalized spacial score (nSPS) is 10.0. The Morgan fingerprint density at radius 2 is 0.833 bits per heavy atom. The van der Waals surface area contributed by atoms with Crippen LogP contribution in [-0.2, 0) is 16.8 Å². The number of hydrogen-bond acceptors (Lipinski definition) is 4. The van der Waals surface area contributed by atoms with Crippen LogP contribution in [0.2, 0.25) is 0 Å². The average Bonchev–Trinajstić information content (AvgIpc) is 0.722. The molecule has 0 aromatic rings. The second kappa shape index (κ2) is 2.69. The summed E-state index contributed by atoms with van der Waals surface area (Å²) in [6.07, 6.45) is 0. The Balaban J connectivity index is 0. The standard InChI is InChI=1S/Co.O4Si/c;1-5(2,3)4/q;-4. The van der Waals surface area contributed by atoms with E-state index < -0.39 is 9.05 Å². The molecule has 0 rings (SSSR count). The fourth-order valence-electron chi connectivity index (χ4n) is 0. The van der Waals surface area contributed by atoms with Gasteiger partial charge in [-0.15, -0.1) is 0 Å². The van der Waals surface area contributed by atoms with Crippen molar-refractivity contribution in [1.29, 1.82) is 0 Å². The summed E-state index contributed by atoms with van der Waals surface area (Å²) in [5.74, 6) is 0. The Bertz CT molecular complexity index is 23.0. The first-order valence-corrected chi connectivity index (χ1v) is 2.45. The van der Waals surface area contributed by atoms with Crippen molar-refractivity contribution >= 4 is 9.05 Å². The Hall–Kier alpha value is 0.563. The SMILES string of the molecule is [Co].[O-][Si]([O-])([O-])[O-]. The van der Waals surface area contributed by atoms with Gasteiger partial charge in [0.2, 0.25) is 0 Å². The molecule has 1 radical (unpaired) electrons. The minimum atomic E-state index is -5.61. The largest absolute Gasteiger partial charge is 0.894 e. The van der Waals surface area contributed by atoms with Crippen LogP contribution in [0.3, 0.4) is 0 Å². The molecule has 6 heteroatoms. The van der Waals surface area contributed by atoms with E-state index in [4.69, 9.17) is 19.2 Å². The third-order valence-electron chi connectivity index (χ3n) is 0. The van der Waals surface area contributed by atoms with Gasteiger partial charge in [-0.25, -0.2) is 0 Å². The van der Waals surface area contributed by atoms with Crippen LogP contribution in [0.1, 0.15) is 0 Å². The van der Waals surface area contributed by atoms with E-state index in [1.54, 1.807) is 0 Å². The molecule has 0 bridgehead atoms. The molecule has 41 valence electrons. The van der Waals surface area contributed by atoms with Crippen LogP contribution >= 0.6 is 0 Å². The first-order valence-electron chi connectivity index (χ1n) is 0.816. The van der Waals surface area contributed by atoms with Gasteiger partial charge in [-0.2, -0.15) is 0 Å². The van der Waals surface area contributed by atoms with Gasteiger partial charge >= 0.3 is 0 Å². The molecule has 0 N–H and O–H groups in total. The summed E-state index contributed by atoms with van der Waals surface area (Å²) in [5.41, 5.74) is 0. The van der Waals surface area contributed by atoms with Gasteiger partial charge in [-0.1, -0.05) is 0 Å². The third kappa shape index (κ3) is 183. The van der Waals surface area contributed by atoms with Crippen LogP contribution in [-0.4, -0.2) is 9.05 Å². The van der Waals surface area contributed by atoms with Crippen molar-refractivity contribution in [2.24, 2.45) is 0 Å². The zero-order chi connectivity index (χ0) is 4.50. The van der Waals surface area contributed by atoms with Crippen LogP contribution in [0.25, 0.3) is 0 Å². The Kier molecular flexibility index (Phi) is 4.37. The van der Waals surface area contributed by atoms with Gasteiger partial charge in [0.1, 0.15) is 0 Å². The first-order chi connectivity index (χ1) is 2.00. The van der Waals surface area contributed by atoms with Crippen LogP contribution in [0, 0.1) is 0 Å². The Morgan fingerprint density at radius 3 is 0.833 bits per heavy atom. The molecule has 0 spiro atoms. The summed E-state index contributed by atoms with van der Waals surface area (Å²) in [4.78, 5) is 34.3. The van der Waals surface area contributed by atoms with Crippen molar-refractivity contribution in [3.8, 4) is 0 Å². The molecule has 0 aliphatic carbocycles. The van der Waals surface area contributed by atoms with E-state index in [2.05, 4.69) is 0 Å². The van der Waals surface area contributed by atoms with Crippen molar-refractivity contribution in [1.82, 2.24) is 0 Å². The van der Waals surface area contributed by atoms with Crippen LogP contribution in [0.15, 0.2) is 0 Å². The van der Waals surface area contributed by atoms with E-state index in [9.17, 15) is 0 Å². The zero-order valence-corrected chi connectivity index (χ0v) is 4.51. The third-order valence-corrected chi connectivity index (χ3v) is 0. The van der Waals surface area contributed by atoms with Gasteiger partial charge in [-0.05, 0) is 0 Å². The fraction of sp³-hybridized carbons (Fsp3) is 0. The molecule has 0 aliphatic heterocycles. The molecule has 0 atom stereocenters.